The number of methoxy groups -OCH3 is 1. The Morgan fingerprint density at radius 1 is 1.07 bits per heavy atom. The lowest BCUT2D eigenvalue weighted by atomic mass is 9.87. The molecule has 2 unspecified atom stereocenters. The molecule has 0 aromatic carbocycles. The number of hydrogen-bond acceptors (Lipinski definition) is 9. The lowest BCUT2D eigenvalue weighted by Gasteiger charge is -2.42. The van der Waals surface area contributed by atoms with Crippen LogP contribution in [0.4, 0.5) is 0 Å². The number of carbonyl (C=O) groups is 3. The highest BCUT2D eigenvalue weighted by Crippen LogP contribution is 2.34. The molecule has 0 N–H and O–H groups in total. The van der Waals surface area contributed by atoms with Gasteiger partial charge < -0.3 is 18.9 Å². The van der Waals surface area contributed by atoms with Crippen molar-refractivity contribution in [1.82, 2.24) is 4.90 Å². The van der Waals surface area contributed by atoms with E-state index in [0.717, 1.165) is 12.8 Å². The maximum atomic E-state index is 12.5. The molecule has 0 radical (unpaired) electrons. The minimum atomic E-state index is -1.81. The molecule has 1 saturated heterocycles. The first-order chi connectivity index (χ1) is 14.1. The predicted molar refractivity (Wildman–Crippen MR) is 106 cm³/mol. The minimum absolute atomic E-state index is 0.162. The van der Waals surface area contributed by atoms with Crippen LogP contribution in [0.1, 0.15) is 66.2 Å². The molecule has 1 aliphatic heterocycles. The minimum Gasteiger partial charge on any atom is -0.469 e. The third-order valence-corrected chi connectivity index (χ3v) is 5.28. The van der Waals surface area contributed by atoms with Crippen LogP contribution in [0, 0.1) is 5.92 Å². The van der Waals surface area contributed by atoms with Gasteiger partial charge in [-0.3, -0.25) is 14.3 Å². The Morgan fingerprint density at radius 2 is 1.67 bits per heavy atom. The van der Waals surface area contributed by atoms with Crippen molar-refractivity contribution in [3.63, 3.8) is 0 Å². The lowest BCUT2D eigenvalue weighted by molar-refractivity contribution is -0.443. The summed E-state index contributed by atoms with van der Waals surface area (Å²) in [6.07, 6.45) is 1.06. The summed E-state index contributed by atoms with van der Waals surface area (Å²) in [5.74, 6) is -0.957. The SMILES string of the molecule is COC(=O)C1CCC(OC(OC=O)(OC(C)C(=O)OC(C)(C)C)N2CCCC2)CC1. The van der Waals surface area contributed by atoms with Gasteiger partial charge in [0.15, 0.2) is 6.10 Å². The van der Waals surface area contributed by atoms with E-state index in [1.54, 1.807) is 32.6 Å². The monoisotopic (exact) mass is 429 g/mol. The van der Waals surface area contributed by atoms with Crippen LogP contribution in [0.25, 0.3) is 0 Å². The fourth-order valence-corrected chi connectivity index (χ4v) is 3.81. The summed E-state index contributed by atoms with van der Waals surface area (Å²) in [5.41, 5.74) is -0.677. The molecule has 30 heavy (non-hydrogen) atoms. The zero-order valence-corrected chi connectivity index (χ0v) is 18.7. The topological polar surface area (TPSA) is 101 Å². The molecule has 0 bridgehead atoms. The molecule has 0 aromatic rings. The molecule has 1 saturated carbocycles. The first-order valence-corrected chi connectivity index (χ1v) is 10.6. The van der Waals surface area contributed by atoms with Crippen LogP contribution in [0.5, 0.6) is 0 Å². The first kappa shape index (κ1) is 24.6. The van der Waals surface area contributed by atoms with Crippen molar-refractivity contribution in [3.05, 3.63) is 0 Å². The fraction of sp³-hybridized carbons (Fsp3) is 0.857. The van der Waals surface area contributed by atoms with E-state index in [2.05, 4.69) is 0 Å². The van der Waals surface area contributed by atoms with Gasteiger partial charge in [-0.1, -0.05) is 0 Å². The van der Waals surface area contributed by atoms with Crippen LogP contribution < -0.4 is 0 Å². The van der Waals surface area contributed by atoms with Crippen molar-refractivity contribution >= 4 is 18.4 Å². The van der Waals surface area contributed by atoms with Crippen molar-refractivity contribution < 1.29 is 38.1 Å². The maximum absolute atomic E-state index is 12.5. The summed E-state index contributed by atoms with van der Waals surface area (Å²) in [6.45, 7) is 8.33. The Morgan fingerprint density at radius 3 is 2.17 bits per heavy atom. The summed E-state index contributed by atoms with van der Waals surface area (Å²) in [7, 11) is 1.38. The van der Waals surface area contributed by atoms with Crippen LogP contribution in [-0.2, 0) is 38.1 Å². The van der Waals surface area contributed by atoms with Gasteiger partial charge in [0.1, 0.15) is 5.60 Å². The first-order valence-electron chi connectivity index (χ1n) is 10.6. The highest BCUT2D eigenvalue weighted by Gasteiger charge is 2.49. The molecule has 0 aromatic heterocycles. The van der Waals surface area contributed by atoms with Gasteiger partial charge in [-0.05, 0) is 66.2 Å². The van der Waals surface area contributed by atoms with Gasteiger partial charge in [0, 0.05) is 13.1 Å². The number of ether oxygens (including phenoxy) is 5. The van der Waals surface area contributed by atoms with Crippen LogP contribution in [0.3, 0.4) is 0 Å². The van der Waals surface area contributed by atoms with E-state index >= 15 is 0 Å². The Bertz CT molecular complexity index is 590. The van der Waals surface area contributed by atoms with Gasteiger partial charge in [0.2, 0.25) is 0 Å². The second-order valence-electron chi connectivity index (χ2n) is 8.84. The molecule has 0 spiro atoms. The molecule has 0 amide bonds. The number of carbonyl (C=O) groups excluding carboxylic acids is 3. The molecule has 172 valence electrons. The van der Waals surface area contributed by atoms with Gasteiger partial charge in [0.25, 0.3) is 6.47 Å². The van der Waals surface area contributed by atoms with Gasteiger partial charge in [-0.25, -0.2) is 9.69 Å². The van der Waals surface area contributed by atoms with Crippen molar-refractivity contribution in [1.29, 1.82) is 0 Å². The highest BCUT2D eigenvalue weighted by atomic mass is 16.9. The standard InChI is InChI=1S/C21H35NO8/c1-15(18(24)30-20(2,3)4)28-21(27-14-23,22-12-6-7-13-22)29-17-10-8-16(9-11-17)19(25)26-5/h14-17H,6-13H2,1-5H3. The van der Waals surface area contributed by atoms with Gasteiger partial charge in [-0.15, -0.1) is 0 Å². The van der Waals surface area contributed by atoms with E-state index < -0.39 is 23.8 Å². The average molecular weight is 430 g/mol. The molecule has 9 heteroatoms. The molecule has 2 atom stereocenters. The summed E-state index contributed by atoms with van der Waals surface area (Å²) >= 11 is 0. The van der Waals surface area contributed by atoms with Gasteiger partial charge in [0.05, 0.1) is 19.1 Å². The van der Waals surface area contributed by atoms with Crippen molar-refractivity contribution in [2.24, 2.45) is 5.92 Å². The summed E-state index contributed by atoms with van der Waals surface area (Å²) in [4.78, 5) is 37.4. The van der Waals surface area contributed by atoms with Gasteiger partial charge >= 0.3 is 18.0 Å². The molecule has 2 rings (SSSR count). The molecular weight excluding hydrogens is 394 g/mol. The average Bonchev–Trinajstić information content (AvgIpc) is 3.22. The number of esters is 2. The third-order valence-electron chi connectivity index (χ3n) is 5.28. The third kappa shape index (κ3) is 6.65. The summed E-state index contributed by atoms with van der Waals surface area (Å²) in [6, 6.07) is 0. The molecule has 1 heterocycles. The zero-order valence-electron chi connectivity index (χ0n) is 18.7. The lowest BCUT2D eigenvalue weighted by Crippen LogP contribution is -2.58. The smallest absolute Gasteiger partial charge is 0.402 e. The Hall–Kier alpha value is -1.71. The normalized spacial score (nSPS) is 25.8. The second-order valence-corrected chi connectivity index (χ2v) is 8.84. The van der Waals surface area contributed by atoms with E-state index in [9.17, 15) is 14.4 Å². The zero-order chi connectivity index (χ0) is 22.4. The summed E-state index contributed by atoms with van der Waals surface area (Å²) < 4.78 is 27.7. The molecule has 1 aliphatic carbocycles. The van der Waals surface area contributed by atoms with Crippen molar-refractivity contribution in [2.45, 2.75) is 90.1 Å². The number of likely N-dealkylation sites (tertiary alicyclic amines) is 1. The highest BCUT2D eigenvalue weighted by molar-refractivity contribution is 5.74. The molecule has 2 aliphatic rings. The molecule has 2 fully saturated rings. The largest absolute Gasteiger partial charge is 0.469 e. The fourth-order valence-electron chi connectivity index (χ4n) is 3.81. The molecular formula is C21H35NO8. The van der Waals surface area contributed by atoms with Crippen LogP contribution in [0.15, 0.2) is 0 Å². The van der Waals surface area contributed by atoms with Crippen LogP contribution in [0.2, 0.25) is 0 Å². The second kappa shape index (κ2) is 10.5. The van der Waals surface area contributed by atoms with Crippen molar-refractivity contribution in [2.75, 3.05) is 20.2 Å². The van der Waals surface area contributed by atoms with E-state index in [1.165, 1.54) is 7.11 Å². The predicted octanol–water partition coefficient (Wildman–Crippen LogP) is 2.36. The summed E-state index contributed by atoms with van der Waals surface area (Å²) in [5, 5.41) is 0. The number of nitrogens with zero attached hydrogens (tertiary/aromatic N) is 1. The molecule has 9 nitrogen and oxygen atoms in total. The van der Waals surface area contributed by atoms with E-state index in [0.29, 0.717) is 38.8 Å². The van der Waals surface area contributed by atoms with E-state index in [-0.39, 0.29) is 24.5 Å². The maximum Gasteiger partial charge on any atom is 0.402 e. The number of hydrogen-bond donors (Lipinski definition) is 0. The quantitative estimate of drug-likeness (QED) is 0.237. The van der Waals surface area contributed by atoms with Crippen LogP contribution in [-0.4, -0.2) is 67.4 Å². The van der Waals surface area contributed by atoms with Crippen LogP contribution >= 0.6 is 0 Å². The van der Waals surface area contributed by atoms with Crippen molar-refractivity contribution in [3.8, 4) is 0 Å². The Balaban J connectivity index is 2.14. The Labute approximate surface area is 178 Å². The van der Waals surface area contributed by atoms with Gasteiger partial charge in [-0.2, -0.15) is 0 Å². The van der Waals surface area contributed by atoms with E-state index in [4.69, 9.17) is 23.7 Å². The van der Waals surface area contributed by atoms with E-state index in [1.807, 2.05) is 0 Å². The number of rotatable bonds is 9. The Kier molecular flexibility index (Phi) is 8.63.